The van der Waals surface area contributed by atoms with Crippen LogP contribution in [0.1, 0.15) is 16.7 Å². The third-order valence-electron chi connectivity index (χ3n) is 4.63. The zero-order chi connectivity index (χ0) is 18.6. The summed E-state index contributed by atoms with van der Waals surface area (Å²) in [7, 11) is 0. The van der Waals surface area contributed by atoms with Crippen molar-refractivity contribution in [3.63, 3.8) is 0 Å². The van der Waals surface area contributed by atoms with Crippen molar-refractivity contribution in [1.82, 2.24) is 4.90 Å². The molecule has 0 bridgehead atoms. The van der Waals surface area contributed by atoms with Crippen LogP contribution in [0.4, 0.5) is 0 Å². The lowest BCUT2D eigenvalue weighted by molar-refractivity contribution is -0.148. The van der Waals surface area contributed by atoms with Crippen LogP contribution in [0.25, 0.3) is 6.08 Å². The number of rotatable bonds is 4. The minimum absolute atomic E-state index is 0.186. The second-order valence-corrected chi connectivity index (χ2v) is 6.39. The summed E-state index contributed by atoms with van der Waals surface area (Å²) in [5.74, 6) is 0.585. The van der Waals surface area contributed by atoms with Crippen LogP contribution in [0.5, 0.6) is 11.5 Å². The van der Waals surface area contributed by atoms with Gasteiger partial charge in [-0.3, -0.25) is 4.79 Å². The lowest BCUT2D eigenvalue weighted by atomic mass is 10.00. The van der Waals surface area contributed by atoms with Crippen LogP contribution < -0.4 is 9.47 Å². The number of hydrogen-bond donors (Lipinski definition) is 0. The van der Waals surface area contributed by atoms with Gasteiger partial charge in [-0.15, -0.1) is 0 Å². The highest BCUT2D eigenvalue weighted by Gasteiger charge is 2.21. The van der Waals surface area contributed by atoms with E-state index in [0.717, 1.165) is 17.5 Å². The molecule has 0 N–H and O–H groups in total. The molecule has 0 aromatic heterocycles. The summed E-state index contributed by atoms with van der Waals surface area (Å²) < 4.78 is 15.6. The number of carbonyl (C=O) groups is 2. The van der Waals surface area contributed by atoms with Crippen LogP contribution >= 0.6 is 0 Å². The summed E-state index contributed by atoms with van der Waals surface area (Å²) in [6.07, 6.45) is 3.74. The third-order valence-corrected chi connectivity index (χ3v) is 4.63. The second kappa shape index (κ2) is 7.53. The van der Waals surface area contributed by atoms with Gasteiger partial charge >= 0.3 is 5.97 Å². The van der Waals surface area contributed by atoms with Gasteiger partial charge in [0.05, 0.1) is 0 Å². The number of amides is 1. The molecule has 0 fully saturated rings. The average molecular weight is 365 g/mol. The molecule has 2 aliphatic rings. The Morgan fingerprint density at radius 2 is 1.89 bits per heavy atom. The van der Waals surface area contributed by atoms with E-state index in [9.17, 15) is 9.59 Å². The molecule has 2 aromatic carbocycles. The van der Waals surface area contributed by atoms with Crippen molar-refractivity contribution in [2.24, 2.45) is 0 Å². The molecule has 0 atom stereocenters. The van der Waals surface area contributed by atoms with Crippen molar-refractivity contribution in [1.29, 1.82) is 0 Å². The first-order chi connectivity index (χ1) is 13.2. The molecule has 0 radical (unpaired) electrons. The van der Waals surface area contributed by atoms with E-state index in [2.05, 4.69) is 6.07 Å². The summed E-state index contributed by atoms with van der Waals surface area (Å²) in [5, 5.41) is 0. The molecule has 0 unspecified atom stereocenters. The molecular weight excluding hydrogens is 346 g/mol. The van der Waals surface area contributed by atoms with E-state index in [1.807, 2.05) is 24.3 Å². The topological polar surface area (TPSA) is 65.1 Å². The summed E-state index contributed by atoms with van der Waals surface area (Å²) in [4.78, 5) is 25.9. The highest BCUT2D eigenvalue weighted by molar-refractivity contribution is 5.89. The van der Waals surface area contributed by atoms with Gasteiger partial charge in [0.15, 0.2) is 18.1 Å². The van der Waals surface area contributed by atoms with Gasteiger partial charge in [-0.2, -0.15) is 0 Å². The monoisotopic (exact) mass is 365 g/mol. The highest BCUT2D eigenvalue weighted by atomic mass is 16.7. The molecule has 6 nitrogen and oxygen atoms in total. The number of carbonyl (C=O) groups excluding carboxylic acids is 2. The molecule has 0 aliphatic carbocycles. The minimum Gasteiger partial charge on any atom is -0.454 e. The standard InChI is InChI=1S/C21H19NO5/c23-20(22-10-9-16-3-1-2-4-17(16)12-22)13-25-21(24)8-6-15-5-7-18-19(11-15)27-14-26-18/h1-8,11H,9-10,12-14H2. The number of ether oxygens (including phenoxy) is 3. The summed E-state index contributed by atoms with van der Waals surface area (Å²) in [6.45, 7) is 1.14. The van der Waals surface area contributed by atoms with Gasteiger partial charge < -0.3 is 19.1 Å². The van der Waals surface area contributed by atoms with Gasteiger partial charge in [-0.05, 0) is 41.3 Å². The van der Waals surface area contributed by atoms with E-state index in [1.165, 1.54) is 11.6 Å². The first-order valence-corrected chi connectivity index (χ1v) is 8.78. The van der Waals surface area contributed by atoms with Gasteiger partial charge in [-0.1, -0.05) is 30.3 Å². The van der Waals surface area contributed by atoms with E-state index in [1.54, 1.807) is 23.1 Å². The Hall–Kier alpha value is -3.28. The Bertz CT molecular complexity index is 905. The maximum Gasteiger partial charge on any atom is 0.331 e. The first kappa shape index (κ1) is 17.1. The summed E-state index contributed by atoms with van der Waals surface area (Å²) in [6, 6.07) is 13.5. The Labute approximate surface area is 156 Å². The Morgan fingerprint density at radius 1 is 1.07 bits per heavy atom. The largest absolute Gasteiger partial charge is 0.454 e. The first-order valence-electron chi connectivity index (χ1n) is 8.78. The zero-order valence-electron chi connectivity index (χ0n) is 14.7. The van der Waals surface area contributed by atoms with Crippen molar-refractivity contribution in [3.8, 4) is 11.5 Å². The summed E-state index contributed by atoms with van der Waals surface area (Å²) in [5.41, 5.74) is 3.20. The summed E-state index contributed by atoms with van der Waals surface area (Å²) >= 11 is 0. The molecule has 138 valence electrons. The molecule has 0 saturated heterocycles. The van der Waals surface area contributed by atoms with E-state index < -0.39 is 5.97 Å². The molecule has 0 spiro atoms. The molecule has 1 amide bonds. The predicted octanol–water partition coefficient (Wildman–Crippen LogP) is 2.56. The number of benzene rings is 2. The molecule has 27 heavy (non-hydrogen) atoms. The molecular formula is C21H19NO5. The fourth-order valence-electron chi connectivity index (χ4n) is 3.16. The van der Waals surface area contributed by atoms with E-state index in [-0.39, 0.29) is 19.3 Å². The van der Waals surface area contributed by atoms with Gasteiger partial charge in [0.1, 0.15) is 0 Å². The normalized spacial score (nSPS) is 14.9. The van der Waals surface area contributed by atoms with Crippen molar-refractivity contribution in [2.75, 3.05) is 19.9 Å². The highest BCUT2D eigenvalue weighted by Crippen LogP contribution is 2.32. The molecule has 4 rings (SSSR count). The Balaban J connectivity index is 1.28. The van der Waals surface area contributed by atoms with E-state index in [4.69, 9.17) is 14.2 Å². The minimum atomic E-state index is -0.557. The molecule has 6 heteroatoms. The van der Waals surface area contributed by atoms with Gasteiger partial charge in [0.25, 0.3) is 5.91 Å². The van der Waals surface area contributed by atoms with Crippen LogP contribution in [0, 0.1) is 0 Å². The third kappa shape index (κ3) is 3.95. The zero-order valence-corrected chi connectivity index (χ0v) is 14.7. The molecule has 2 heterocycles. The second-order valence-electron chi connectivity index (χ2n) is 6.39. The number of hydrogen-bond acceptors (Lipinski definition) is 5. The van der Waals surface area contributed by atoms with Crippen LogP contribution in [0.15, 0.2) is 48.5 Å². The van der Waals surface area contributed by atoms with E-state index >= 15 is 0 Å². The van der Waals surface area contributed by atoms with Crippen LogP contribution in [-0.4, -0.2) is 36.7 Å². The Morgan fingerprint density at radius 3 is 2.78 bits per heavy atom. The fraction of sp³-hybridized carbons (Fsp3) is 0.238. The maximum absolute atomic E-state index is 12.3. The van der Waals surface area contributed by atoms with Crippen LogP contribution in [0.3, 0.4) is 0 Å². The lowest BCUT2D eigenvalue weighted by Gasteiger charge is -2.28. The lowest BCUT2D eigenvalue weighted by Crippen LogP contribution is -2.38. The number of esters is 1. The maximum atomic E-state index is 12.3. The molecule has 2 aliphatic heterocycles. The predicted molar refractivity (Wildman–Crippen MR) is 98.1 cm³/mol. The van der Waals surface area contributed by atoms with E-state index in [0.29, 0.717) is 24.6 Å². The fourth-order valence-corrected chi connectivity index (χ4v) is 3.16. The SMILES string of the molecule is O=C(C=Cc1ccc2c(c1)OCO2)OCC(=O)N1CCc2ccccc2C1. The molecule has 0 saturated carbocycles. The average Bonchev–Trinajstić information content (AvgIpc) is 3.18. The quantitative estimate of drug-likeness (QED) is 0.615. The van der Waals surface area contributed by atoms with Crippen molar-refractivity contribution >= 4 is 18.0 Å². The Kier molecular flexibility index (Phi) is 4.78. The number of fused-ring (bicyclic) bond motifs is 2. The van der Waals surface area contributed by atoms with Gasteiger partial charge in [-0.25, -0.2) is 4.79 Å². The van der Waals surface area contributed by atoms with Crippen molar-refractivity contribution in [2.45, 2.75) is 13.0 Å². The van der Waals surface area contributed by atoms with Crippen molar-refractivity contribution < 1.29 is 23.8 Å². The van der Waals surface area contributed by atoms with Gasteiger partial charge in [0, 0.05) is 19.2 Å². The number of nitrogens with zero attached hydrogens (tertiary/aromatic N) is 1. The van der Waals surface area contributed by atoms with Gasteiger partial charge in [0.2, 0.25) is 6.79 Å². The van der Waals surface area contributed by atoms with Crippen molar-refractivity contribution in [3.05, 3.63) is 65.2 Å². The molecule has 2 aromatic rings. The smallest absolute Gasteiger partial charge is 0.331 e. The van der Waals surface area contributed by atoms with Crippen LogP contribution in [0.2, 0.25) is 0 Å². The van der Waals surface area contributed by atoms with Crippen LogP contribution in [-0.2, 0) is 27.3 Å².